The summed E-state index contributed by atoms with van der Waals surface area (Å²) in [5, 5.41) is 7.81. The molecule has 3 heterocycles. The molecule has 94 valence electrons. The van der Waals surface area contributed by atoms with Crippen LogP contribution in [0, 0.1) is 6.92 Å². The van der Waals surface area contributed by atoms with Gasteiger partial charge in [0.25, 0.3) is 5.91 Å². The van der Waals surface area contributed by atoms with Gasteiger partial charge in [-0.3, -0.25) is 4.79 Å². The molecule has 1 aliphatic heterocycles. The molecule has 0 aromatic carbocycles. The zero-order valence-corrected chi connectivity index (χ0v) is 10.9. The van der Waals surface area contributed by atoms with E-state index in [9.17, 15) is 4.79 Å². The smallest absolute Gasteiger partial charge is 0.264 e. The molecule has 1 atom stereocenters. The van der Waals surface area contributed by atoms with Crippen LogP contribution in [0.4, 0.5) is 0 Å². The first-order valence-electron chi connectivity index (χ1n) is 5.95. The number of amides is 1. The zero-order valence-electron chi connectivity index (χ0n) is 10.1. The molecule has 0 aliphatic carbocycles. The summed E-state index contributed by atoms with van der Waals surface area (Å²) < 4.78 is 1.84. The lowest BCUT2D eigenvalue weighted by atomic mass is 10.3. The molecule has 6 heteroatoms. The van der Waals surface area contributed by atoms with Crippen molar-refractivity contribution in [2.45, 2.75) is 19.4 Å². The molecule has 1 aliphatic rings. The van der Waals surface area contributed by atoms with E-state index in [2.05, 4.69) is 10.3 Å². The summed E-state index contributed by atoms with van der Waals surface area (Å²) in [4.78, 5) is 16.2. The van der Waals surface area contributed by atoms with Gasteiger partial charge in [0.05, 0.1) is 17.1 Å². The van der Waals surface area contributed by atoms with Crippen LogP contribution in [0.3, 0.4) is 0 Å². The van der Waals surface area contributed by atoms with Gasteiger partial charge in [0.15, 0.2) is 0 Å². The fraction of sp³-hybridized carbons (Fsp3) is 0.417. The van der Waals surface area contributed by atoms with Gasteiger partial charge in [-0.2, -0.15) is 0 Å². The minimum absolute atomic E-state index is 0.135. The lowest BCUT2D eigenvalue weighted by Gasteiger charge is -2.15. The lowest BCUT2D eigenvalue weighted by Crippen LogP contribution is -2.28. The maximum absolute atomic E-state index is 12.3. The first-order valence-corrected chi connectivity index (χ1v) is 6.77. The van der Waals surface area contributed by atoms with Gasteiger partial charge in [-0.25, -0.2) is 4.68 Å². The minimum Gasteiger partial charge on any atom is -0.336 e. The highest BCUT2D eigenvalue weighted by molar-refractivity contribution is 7.13. The van der Waals surface area contributed by atoms with Crippen LogP contribution in [-0.2, 0) is 0 Å². The summed E-state index contributed by atoms with van der Waals surface area (Å²) in [7, 11) is 0. The van der Waals surface area contributed by atoms with E-state index in [1.54, 1.807) is 17.5 Å². The lowest BCUT2D eigenvalue weighted by molar-refractivity contribution is 0.0791. The molecule has 1 saturated heterocycles. The van der Waals surface area contributed by atoms with Crippen LogP contribution in [-0.4, -0.2) is 38.9 Å². The van der Waals surface area contributed by atoms with Crippen LogP contribution >= 0.6 is 11.3 Å². The van der Waals surface area contributed by atoms with Crippen molar-refractivity contribution in [2.75, 3.05) is 13.1 Å². The van der Waals surface area contributed by atoms with Crippen LogP contribution in [0.15, 0.2) is 24.5 Å². The number of hydrogen-bond donors (Lipinski definition) is 0. The molecule has 0 radical (unpaired) electrons. The van der Waals surface area contributed by atoms with Gasteiger partial charge in [-0.1, -0.05) is 5.21 Å². The third-order valence-electron chi connectivity index (χ3n) is 3.22. The first-order chi connectivity index (χ1) is 8.74. The predicted octanol–water partition coefficient (Wildman–Crippen LogP) is 1.74. The van der Waals surface area contributed by atoms with E-state index < -0.39 is 0 Å². The van der Waals surface area contributed by atoms with E-state index in [1.165, 1.54) is 4.88 Å². The summed E-state index contributed by atoms with van der Waals surface area (Å²) >= 11 is 1.56. The summed E-state index contributed by atoms with van der Waals surface area (Å²) in [6.07, 6.45) is 4.47. The van der Waals surface area contributed by atoms with E-state index in [1.807, 2.05) is 34.8 Å². The van der Waals surface area contributed by atoms with Crippen LogP contribution in [0.25, 0.3) is 0 Å². The Morgan fingerprint density at radius 2 is 2.39 bits per heavy atom. The van der Waals surface area contributed by atoms with E-state index in [4.69, 9.17) is 0 Å². The number of aromatic nitrogens is 3. The quantitative estimate of drug-likeness (QED) is 0.828. The Kier molecular flexibility index (Phi) is 2.87. The molecule has 0 saturated carbocycles. The molecule has 0 spiro atoms. The molecule has 18 heavy (non-hydrogen) atoms. The highest BCUT2D eigenvalue weighted by Gasteiger charge is 2.28. The van der Waals surface area contributed by atoms with Gasteiger partial charge in [-0.15, -0.1) is 16.4 Å². The number of likely N-dealkylation sites (tertiary alicyclic amines) is 1. The third kappa shape index (κ3) is 2.03. The minimum atomic E-state index is 0.135. The second-order valence-corrected chi connectivity index (χ2v) is 5.77. The van der Waals surface area contributed by atoms with Crippen molar-refractivity contribution in [3.8, 4) is 0 Å². The van der Waals surface area contributed by atoms with Crippen molar-refractivity contribution >= 4 is 17.2 Å². The van der Waals surface area contributed by atoms with Crippen molar-refractivity contribution in [1.29, 1.82) is 0 Å². The Hall–Kier alpha value is -1.69. The van der Waals surface area contributed by atoms with Gasteiger partial charge in [0.1, 0.15) is 0 Å². The first kappa shape index (κ1) is 11.4. The molecule has 0 N–H and O–H groups in total. The second kappa shape index (κ2) is 4.53. The Morgan fingerprint density at radius 3 is 3.06 bits per heavy atom. The maximum Gasteiger partial charge on any atom is 0.264 e. The summed E-state index contributed by atoms with van der Waals surface area (Å²) in [6.45, 7) is 3.53. The van der Waals surface area contributed by atoms with Crippen LogP contribution in [0.5, 0.6) is 0 Å². The number of rotatable bonds is 2. The molecule has 1 amide bonds. The molecule has 3 rings (SSSR count). The van der Waals surface area contributed by atoms with Gasteiger partial charge in [0.2, 0.25) is 0 Å². The van der Waals surface area contributed by atoms with E-state index in [0.717, 1.165) is 24.4 Å². The highest BCUT2D eigenvalue weighted by Crippen LogP contribution is 2.24. The summed E-state index contributed by atoms with van der Waals surface area (Å²) in [5.74, 6) is 0.135. The number of thiophene rings is 1. The molecule has 2 aromatic rings. The standard InChI is InChI=1S/C12H14N4OS/c1-9-2-3-11(18-9)12(17)15-6-4-10(8-15)16-7-5-13-14-16/h2-3,5,7,10H,4,6,8H2,1H3. The predicted molar refractivity (Wildman–Crippen MR) is 68.6 cm³/mol. The normalized spacial score (nSPS) is 19.4. The zero-order chi connectivity index (χ0) is 12.5. The number of nitrogens with zero attached hydrogens (tertiary/aromatic N) is 4. The van der Waals surface area contributed by atoms with E-state index in [-0.39, 0.29) is 11.9 Å². The van der Waals surface area contributed by atoms with Crippen molar-refractivity contribution in [1.82, 2.24) is 19.9 Å². The fourth-order valence-electron chi connectivity index (χ4n) is 2.26. The van der Waals surface area contributed by atoms with Crippen molar-refractivity contribution in [3.05, 3.63) is 34.3 Å². The van der Waals surface area contributed by atoms with Crippen LogP contribution in [0.1, 0.15) is 27.0 Å². The second-order valence-electron chi connectivity index (χ2n) is 4.49. The molecular formula is C12H14N4OS. The Balaban J connectivity index is 1.70. The molecule has 0 bridgehead atoms. The van der Waals surface area contributed by atoms with E-state index >= 15 is 0 Å². The van der Waals surface area contributed by atoms with Crippen molar-refractivity contribution in [3.63, 3.8) is 0 Å². The van der Waals surface area contributed by atoms with Gasteiger partial charge in [0, 0.05) is 24.2 Å². The number of aryl methyl sites for hydroxylation is 1. The third-order valence-corrected chi connectivity index (χ3v) is 4.21. The molecule has 2 aromatic heterocycles. The van der Waals surface area contributed by atoms with Crippen LogP contribution in [0.2, 0.25) is 0 Å². The topological polar surface area (TPSA) is 51.0 Å². The Labute approximate surface area is 109 Å². The fourth-order valence-corrected chi connectivity index (χ4v) is 3.10. The average molecular weight is 262 g/mol. The average Bonchev–Trinajstić information content (AvgIpc) is 3.09. The maximum atomic E-state index is 12.3. The van der Waals surface area contributed by atoms with Gasteiger partial charge in [-0.05, 0) is 25.5 Å². The molecular weight excluding hydrogens is 248 g/mol. The molecule has 1 unspecified atom stereocenters. The Morgan fingerprint density at radius 1 is 1.50 bits per heavy atom. The highest BCUT2D eigenvalue weighted by atomic mass is 32.1. The molecule has 1 fully saturated rings. The van der Waals surface area contributed by atoms with Gasteiger partial charge >= 0.3 is 0 Å². The SMILES string of the molecule is Cc1ccc(C(=O)N2CCC(n3ccnn3)C2)s1. The monoisotopic (exact) mass is 262 g/mol. The Bertz CT molecular complexity index is 548. The largest absolute Gasteiger partial charge is 0.336 e. The van der Waals surface area contributed by atoms with Gasteiger partial charge < -0.3 is 4.90 Å². The van der Waals surface area contributed by atoms with Crippen molar-refractivity contribution < 1.29 is 4.79 Å². The van der Waals surface area contributed by atoms with E-state index in [0.29, 0.717) is 0 Å². The van der Waals surface area contributed by atoms with Crippen molar-refractivity contribution in [2.24, 2.45) is 0 Å². The number of carbonyl (C=O) groups is 1. The summed E-state index contributed by atoms with van der Waals surface area (Å²) in [5.41, 5.74) is 0. The summed E-state index contributed by atoms with van der Waals surface area (Å²) in [6, 6.07) is 4.16. The number of carbonyl (C=O) groups excluding carboxylic acids is 1. The molecule has 5 nitrogen and oxygen atoms in total. The number of hydrogen-bond acceptors (Lipinski definition) is 4. The van der Waals surface area contributed by atoms with Crippen LogP contribution < -0.4 is 0 Å².